The molecule has 9 nitrogen and oxygen atoms in total. The van der Waals surface area contributed by atoms with Gasteiger partial charge in [-0.25, -0.2) is 4.98 Å². The van der Waals surface area contributed by atoms with E-state index in [0.29, 0.717) is 35.7 Å². The van der Waals surface area contributed by atoms with Crippen molar-refractivity contribution in [1.29, 1.82) is 0 Å². The first-order valence-electron chi connectivity index (χ1n) is 10.5. The summed E-state index contributed by atoms with van der Waals surface area (Å²) in [5.41, 5.74) is 6.76. The number of hydrogen-bond donors (Lipinski definition) is 3. The number of likely N-dealkylation sites (tertiary alicyclic amines) is 1. The van der Waals surface area contributed by atoms with Crippen LogP contribution in [0.1, 0.15) is 43.6 Å². The monoisotopic (exact) mass is 455 g/mol. The zero-order valence-electron chi connectivity index (χ0n) is 17.8. The van der Waals surface area contributed by atoms with E-state index in [-0.39, 0.29) is 35.3 Å². The molecule has 1 fully saturated rings. The number of anilines is 1. The summed E-state index contributed by atoms with van der Waals surface area (Å²) in [5, 5.41) is 4.86. The molecule has 4 amide bonds. The van der Waals surface area contributed by atoms with Crippen LogP contribution < -0.4 is 11.1 Å². The van der Waals surface area contributed by atoms with Gasteiger partial charge in [0.05, 0.1) is 17.5 Å². The lowest BCUT2D eigenvalue weighted by molar-refractivity contribution is -0.147. The SMILES string of the molecule is CC(C)C[C@@H](C(=O)Nc1nc(-c2c[nH]c(C(N)=O)c2)cs1)N1C(=O)[C@H]2CC=CC[C@H]2C1=O. The highest BCUT2D eigenvalue weighted by Gasteiger charge is 2.51. The van der Waals surface area contributed by atoms with E-state index in [4.69, 9.17) is 5.73 Å². The number of primary amides is 1. The summed E-state index contributed by atoms with van der Waals surface area (Å²) in [7, 11) is 0. The van der Waals surface area contributed by atoms with Gasteiger partial charge < -0.3 is 16.0 Å². The van der Waals surface area contributed by atoms with E-state index in [1.54, 1.807) is 17.6 Å². The molecule has 3 atom stereocenters. The van der Waals surface area contributed by atoms with E-state index in [1.807, 2.05) is 26.0 Å². The Balaban J connectivity index is 1.53. The van der Waals surface area contributed by atoms with E-state index in [9.17, 15) is 19.2 Å². The number of nitrogens with two attached hydrogens (primary N) is 1. The molecule has 2 aliphatic rings. The van der Waals surface area contributed by atoms with E-state index in [0.717, 1.165) is 0 Å². The fourth-order valence-corrected chi connectivity index (χ4v) is 4.97. The highest BCUT2D eigenvalue weighted by Crippen LogP contribution is 2.37. The summed E-state index contributed by atoms with van der Waals surface area (Å²) in [6.07, 6.45) is 6.89. The molecule has 0 spiro atoms. The highest BCUT2D eigenvalue weighted by molar-refractivity contribution is 7.14. The van der Waals surface area contributed by atoms with Gasteiger partial charge in [0.25, 0.3) is 5.91 Å². The molecule has 10 heteroatoms. The molecule has 0 radical (unpaired) electrons. The van der Waals surface area contributed by atoms with E-state index in [1.165, 1.54) is 16.2 Å². The quantitative estimate of drug-likeness (QED) is 0.435. The van der Waals surface area contributed by atoms with Gasteiger partial charge in [-0.05, 0) is 31.2 Å². The molecule has 2 aromatic heterocycles. The van der Waals surface area contributed by atoms with Gasteiger partial charge in [0.1, 0.15) is 11.7 Å². The van der Waals surface area contributed by atoms with Gasteiger partial charge in [-0.15, -0.1) is 11.3 Å². The number of H-pyrrole nitrogens is 1. The van der Waals surface area contributed by atoms with Gasteiger partial charge in [0.15, 0.2) is 5.13 Å². The van der Waals surface area contributed by atoms with Crippen molar-refractivity contribution in [2.75, 3.05) is 5.32 Å². The fraction of sp³-hybridized carbons (Fsp3) is 0.409. The molecular weight excluding hydrogens is 430 g/mol. The summed E-state index contributed by atoms with van der Waals surface area (Å²) in [5.74, 6) is -2.20. The molecule has 32 heavy (non-hydrogen) atoms. The lowest BCUT2D eigenvalue weighted by atomic mass is 9.85. The Morgan fingerprint density at radius 3 is 2.47 bits per heavy atom. The third-order valence-electron chi connectivity index (χ3n) is 5.83. The van der Waals surface area contributed by atoms with Gasteiger partial charge in [-0.2, -0.15) is 0 Å². The van der Waals surface area contributed by atoms with Crippen molar-refractivity contribution in [3.8, 4) is 11.3 Å². The minimum absolute atomic E-state index is 0.103. The number of aromatic amines is 1. The van der Waals surface area contributed by atoms with Crippen molar-refractivity contribution in [3.63, 3.8) is 0 Å². The number of imide groups is 1. The fourth-order valence-electron chi connectivity index (χ4n) is 4.25. The zero-order chi connectivity index (χ0) is 23.0. The summed E-state index contributed by atoms with van der Waals surface area (Å²) >= 11 is 1.22. The third kappa shape index (κ3) is 4.10. The summed E-state index contributed by atoms with van der Waals surface area (Å²) in [6.45, 7) is 3.90. The Kier molecular flexibility index (Phi) is 5.96. The summed E-state index contributed by atoms with van der Waals surface area (Å²) < 4.78 is 0. The molecule has 3 heterocycles. The predicted molar refractivity (Wildman–Crippen MR) is 119 cm³/mol. The van der Waals surface area contributed by atoms with Crippen LogP contribution in [-0.4, -0.2) is 44.5 Å². The first-order chi connectivity index (χ1) is 15.3. The standard InChI is InChI=1S/C22H25N5O4S/c1-11(2)7-17(27-20(30)13-5-3-4-6-14(13)21(27)31)19(29)26-22-25-16(10-32-22)12-8-15(18(23)28)24-9-12/h3-4,8-11,13-14,17,24H,5-7H2,1-2H3,(H2,23,28)(H,25,26,29)/t13-,14+,17-/m0/s1. The molecule has 0 aromatic carbocycles. The molecule has 2 aromatic rings. The van der Waals surface area contributed by atoms with Crippen molar-refractivity contribution < 1.29 is 19.2 Å². The molecule has 0 bridgehead atoms. The van der Waals surface area contributed by atoms with Crippen molar-refractivity contribution in [1.82, 2.24) is 14.9 Å². The van der Waals surface area contributed by atoms with Gasteiger partial charge >= 0.3 is 0 Å². The Morgan fingerprint density at radius 2 is 1.91 bits per heavy atom. The number of amides is 4. The van der Waals surface area contributed by atoms with Crippen molar-refractivity contribution in [3.05, 3.63) is 35.5 Å². The predicted octanol–water partition coefficient (Wildman–Crippen LogP) is 2.54. The summed E-state index contributed by atoms with van der Waals surface area (Å²) in [4.78, 5) is 58.9. The van der Waals surface area contributed by atoms with Gasteiger partial charge in [-0.1, -0.05) is 26.0 Å². The average molecular weight is 456 g/mol. The second kappa shape index (κ2) is 8.70. The van der Waals surface area contributed by atoms with Crippen LogP contribution in [0.25, 0.3) is 11.3 Å². The number of hydrogen-bond acceptors (Lipinski definition) is 6. The highest BCUT2D eigenvalue weighted by atomic mass is 32.1. The largest absolute Gasteiger partial charge is 0.364 e. The van der Waals surface area contributed by atoms with Gasteiger partial charge in [0.2, 0.25) is 17.7 Å². The molecule has 1 aliphatic heterocycles. The van der Waals surface area contributed by atoms with Crippen LogP contribution in [0.3, 0.4) is 0 Å². The molecule has 0 unspecified atom stereocenters. The number of nitrogens with one attached hydrogen (secondary N) is 2. The van der Waals surface area contributed by atoms with Crippen molar-refractivity contribution >= 4 is 40.1 Å². The van der Waals surface area contributed by atoms with E-state index in [2.05, 4.69) is 15.3 Å². The maximum atomic E-state index is 13.2. The molecule has 4 rings (SSSR count). The van der Waals surface area contributed by atoms with E-state index < -0.39 is 17.9 Å². The van der Waals surface area contributed by atoms with Crippen LogP contribution in [0.2, 0.25) is 0 Å². The summed E-state index contributed by atoms with van der Waals surface area (Å²) in [6, 6.07) is 0.698. The average Bonchev–Trinajstić information content (AvgIpc) is 3.46. The maximum absolute atomic E-state index is 13.2. The number of carbonyl (C=O) groups excluding carboxylic acids is 4. The van der Waals surface area contributed by atoms with Crippen LogP contribution in [0.15, 0.2) is 29.8 Å². The first-order valence-corrected chi connectivity index (χ1v) is 11.4. The van der Waals surface area contributed by atoms with E-state index >= 15 is 0 Å². The molecular formula is C22H25N5O4S. The number of rotatable bonds is 7. The number of carbonyl (C=O) groups is 4. The Bertz CT molecular complexity index is 1080. The number of allylic oxidation sites excluding steroid dienone is 2. The number of aromatic nitrogens is 2. The number of fused-ring (bicyclic) bond motifs is 1. The number of thiazole rings is 1. The lowest BCUT2D eigenvalue weighted by Crippen LogP contribution is -2.48. The van der Waals surface area contributed by atoms with Crippen LogP contribution in [0.4, 0.5) is 5.13 Å². The molecule has 1 aliphatic carbocycles. The van der Waals surface area contributed by atoms with Crippen molar-refractivity contribution in [2.24, 2.45) is 23.5 Å². The second-order valence-electron chi connectivity index (χ2n) is 8.54. The molecule has 4 N–H and O–H groups in total. The minimum atomic E-state index is -0.887. The normalized spacial score (nSPS) is 21.2. The Labute approximate surface area is 189 Å². The number of nitrogens with zero attached hydrogens (tertiary/aromatic N) is 2. The van der Waals surface area contributed by atoms with Crippen LogP contribution in [-0.2, 0) is 14.4 Å². The van der Waals surface area contributed by atoms with Crippen molar-refractivity contribution in [2.45, 2.75) is 39.2 Å². The maximum Gasteiger partial charge on any atom is 0.265 e. The Hall–Kier alpha value is -3.27. The third-order valence-corrected chi connectivity index (χ3v) is 6.59. The smallest absolute Gasteiger partial charge is 0.265 e. The van der Waals surface area contributed by atoms with Crippen LogP contribution >= 0.6 is 11.3 Å². The van der Waals surface area contributed by atoms with Crippen LogP contribution in [0.5, 0.6) is 0 Å². The Morgan fingerprint density at radius 1 is 1.25 bits per heavy atom. The van der Waals surface area contributed by atoms with Gasteiger partial charge in [0, 0.05) is 17.1 Å². The first kappa shape index (κ1) is 21.9. The van der Waals surface area contributed by atoms with Crippen LogP contribution in [0, 0.1) is 17.8 Å². The topological polar surface area (TPSA) is 138 Å². The molecule has 168 valence electrons. The van der Waals surface area contributed by atoms with Gasteiger partial charge in [-0.3, -0.25) is 24.1 Å². The molecule has 0 saturated carbocycles. The zero-order valence-corrected chi connectivity index (χ0v) is 18.6. The molecule has 1 saturated heterocycles. The second-order valence-corrected chi connectivity index (χ2v) is 9.40. The minimum Gasteiger partial charge on any atom is -0.364 e. The lowest BCUT2D eigenvalue weighted by Gasteiger charge is -2.27.